The van der Waals surface area contributed by atoms with Crippen molar-refractivity contribution in [2.24, 2.45) is 0 Å². The van der Waals surface area contributed by atoms with Crippen LogP contribution in [0.2, 0.25) is 0 Å². The van der Waals surface area contributed by atoms with Gasteiger partial charge in [-0.25, -0.2) is 9.78 Å². The van der Waals surface area contributed by atoms with Crippen LogP contribution in [0.15, 0.2) is 41.5 Å². The van der Waals surface area contributed by atoms with E-state index in [-0.39, 0.29) is 12.1 Å². The number of aliphatic hydroxyl groups excluding tert-OH is 1. The minimum atomic E-state index is -1.19. The first kappa shape index (κ1) is 20.5. The van der Waals surface area contributed by atoms with E-state index < -0.39 is 24.5 Å². The smallest absolute Gasteiger partial charge is 0.330 e. The van der Waals surface area contributed by atoms with Crippen LogP contribution in [0.1, 0.15) is 0 Å². The predicted octanol–water partition coefficient (Wildman–Crippen LogP) is 0.784. The molecule has 0 radical (unpaired) electrons. The average Bonchev–Trinajstić information content (AvgIpc) is 3.18. The van der Waals surface area contributed by atoms with Gasteiger partial charge >= 0.3 is 5.97 Å². The maximum Gasteiger partial charge on any atom is 0.330 e. The molecule has 152 valence electrons. The monoisotopic (exact) mass is 417 g/mol. The molecule has 1 atom stereocenters. The number of hydrogen-bond acceptors (Lipinski definition) is 8. The van der Waals surface area contributed by atoms with E-state index in [0.717, 1.165) is 27.9 Å². The Morgan fingerprint density at radius 2 is 2.00 bits per heavy atom. The van der Waals surface area contributed by atoms with Gasteiger partial charge in [0.05, 0.1) is 32.7 Å². The second-order valence-corrected chi connectivity index (χ2v) is 7.11. The van der Waals surface area contributed by atoms with Crippen LogP contribution in [0.5, 0.6) is 5.75 Å². The average molecular weight is 417 g/mol. The first-order valence-corrected chi connectivity index (χ1v) is 9.40. The molecule has 0 aliphatic heterocycles. The van der Waals surface area contributed by atoms with Crippen molar-refractivity contribution in [3.8, 4) is 16.2 Å². The molecule has 1 amide bonds. The number of fused-ring (bicyclic) bond motifs is 1. The van der Waals surface area contributed by atoms with Gasteiger partial charge in [-0.2, -0.15) is 0 Å². The first-order chi connectivity index (χ1) is 14.0. The number of esters is 1. The molecule has 0 saturated heterocycles. The Morgan fingerprint density at radius 3 is 2.62 bits per heavy atom. The first-order valence-electron chi connectivity index (χ1n) is 8.58. The lowest BCUT2D eigenvalue weighted by Crippen LogP contribution is -2.46. The second kappa shape index (κ2) is 8.84. The van der Waals surface area contributed by atoms with Crippen LogP contribution in [0.3, 0.4) is 0 Å². The highest BCUT2D eigenvalue weighted by Gasteiger charge is 2.21. The molecule has 2 aromatic heterocycles. The molecule has 0 aliphatic carbocycles. The Kier molecular flexibility index (Phi) is 6.25. The van der Waals surface area contributed by atoms with E-state index >= 15 is 0 Å². The number of thiophene rings is 1. The van der Waals surface area contributed by atoms with E-state index in [1.807, 2.05) is 30.3 Å². The Balaban J connectivity index is 1.83. The van der Waals surface area contributed by atoms with E-state index in [2.05, 4.69) is 15.0 Å². The Morgan fingerprint density at radius 1 is 1.28 bits per heavy atom. The zero-order chi connectivity index (χ0) is 21.0. The summed E-state index contributed by atoms with van der Waals surface area (Å²) in [6, 6.07) is 8.05. The summed E-state index contributed by atoms with van der Waals surface area (Å²) in [5.41, 5.74) is 1.08. The highest BCUT2D eigenvalue weighted by atomic mass is 32.1. The molecule has 0 spiro atoms. The van der Waals surface area contributed by atoms with E-state index in [1.54, 1.807) is 7.11 Å². The summed E-state index contributed by atoms with van der Waals surface area (Å²) in [7, 11) is 2.74. The summed E-state index contributed by atoms with van der Waals surface area (Å²) in [6.07, 6.45) is 1.28. The fourth-order valence-corrected chi connectivity index (χ4v) is 3.74. The summed E-state index contributed by atoms with van der Waals surface area (Å²) in [5, 5.41) is 11.5. The van der Waals surface area contributed by atoms with Crippen LogP contribution < -0.4 is 15.6 Å². The molecule has 29 heavy (non-hydrogen) atoms. The molecule has 0 bridgehead atoms. The molecule has 0 saturated carbocycles. The molecular formula is C19H19N3O6S. The highest BCUT2D eigenvalue weighted by Crippen LogP contribution is 2.31. The molecule has 1 aromatic carbocycles. The van der Waals surface area contributed by atoms with Crippen molar-refractivity contribution in [2.45, 2.75) is 12.6 Å². The number of hydrogen-bond donors (Lipinski definition) is 2. The molecule has 9 nitrogen and oxygen atoms in total. The summed E-state index contributed by atoms with van der Waals surface area (Å²) < 4.78 is 11.2. The molecule has 2 N–H and O–H groups in total. The van der Waals surface area contributed by atoms with Gasteiger partial charge in [0.15, 0.2) is 6.04 Å². The van der Waals surface area contributed by atoms with E-state index in [0.29, 0.717) is 10.2 Å². The van der Waals surface area contributed by atoms with Gasteiger partial charge in [0.1, 0.15) is 17.0 Å². The summed E-state index contributed by atoms with van der Waals surface area (Å²) in [4.78, 5) is 41.5. The summed E-state index contributed by atoms with van der Waals surface area (Å²) in [6.45, 7) is -0.953. The normalized spacial score (nSPS) is 11.8. The maximum atomic E-state index is 12.7. The standard InChI is InChI=1S/C19H19N3O6S/c1-27-12-5-3-11(4-6-12)15-7-13-17(29-15)18(25)22(10-20-13)8-16(24)21-14(9-23)19(26)28-2/h3-7,10,14,23H,8-9H2,1-2H3,(H,21,24)/t14-/m1/s1. The molecule has 3 rings (SSSR count). The number of nitrogens with zero attached hydrogens (tertiary/aromatic N) is 2. The minimum Gasteiger partial charge on any atom is -0.497 e. The number of carbonyl (C=O) groups is 2. The van der Waals surface area contributed by atoms with E-state index in [1.165, 1.54) is 17.7 Å². The minimum absolute atomic E-state index is 0.342. The molecule has 10 heteroatoms. The largest absolute Gasteiger partial charge is 0.497 e. The zero-order valence-corrected chi connectivity index (χ0v) is 16.6. The van der Waals surface area contributed by atoms with Gasteiger partial charge in [0.2, 0.25) is 5.91 Å². The van der Waals surface area contributed by atoms with Gasteiger partial charge in [0.25, 0.3) is 5.56 Å². The van der Waals surface area contributed by atoms with Crippen LogP contribution >= 0.6 is 11.3 Å². The van der Waals surface area contributed by atoms with Crippen molar-refractivity contribution in [1.29, 1.82) is 0 Å². The number of nitrogens with one attached hydrogen (secondary N) is 1. The number of benzene rings is 1. The van der Waals surface area contributed by atoms with Gasteiger partial charge in [-0.15, -0.1) is 11.3 Å². The quantitative estimate of drug-likeness (QED) is 0.545. The third-order valence-electron chi connectivity index (χ3n) is 4.20. The maximum absolute atomic E-state index is 12.7. The number of amides is 1. The number of carbonyl (C=O) groups excluding carboxylic acids is 2. The molecule has 3 aromatic rings. The number of methoxy groups -OCH3 is 2. The van der Waals surface area contributed by atoms with Crippen LogP contribution in [0.4, 0.5) is 0 Å². The van der Waals surface area contributed by atoms with Crippen molar-refractivity contribution in [1.82, 2.24) is 14.9 Å². The summed E-state index contributed by atoms with van der Waals surface area (Å²) >= 11 is 1.28. The lowest BCUT2D eigenvalue weighted by molar-refractivity contribution is -0.146. The fraction of sp³-hybridized carbons (Fsp3) is 0.263. The van der Waals surface area contributed by atoms with Crippen LogP contribution in [-0.2, 0) is 20.9 Å². The fourth-order valence-electron chi connectivity index (χ4n) is 2.67. The molecular weight excluding hydrogens is 398 g/mol. The predicted molar refractivity (Wildman–Crippen MR) is 107 cm³/mol. The zero-order valence-electron chi connectivity index (χ0n) is 15.7. The van der Waals surface area contributed by atoms with Gasteiger partial charge < -0.3 is 19.9 Å². The molecule has 2 heterocycles. The van der Waals surface area contributed by atoms with E-state index in [9.17, 15) is 19.5 Å². The topological polar surface area (TPSA) is 120 Å². The number of aromatic nitrogens is 2. The van der Waals surface area contributed by atoms with Gasteiger partial charge in [-0.05, 0) is 35.9 Å². The van der Waals surface area contributed by atoms with Crippen LogP contribution in [-0.4, -0.2) is 53.4 Å². The second-order valence-electron chi connectivity index (χ2n) is 6.06. The van der Waals surface area contributed by atoms with Gasteiger partial charge in [-0.1, -0.05) is 0 Å². The molecule has 0 fully saturated rings. The van der Waals surface area contributed by atoms with Crippen molar-refractivity contribution in [3.63, 3.8) is 0 Å². The third-order valence-corrected chi connectivity index (χ3v) is 5.36. The van der Waals surface area contributed by atoms with Crippen molar-refractivity contribution < 1.29 is 24.2 Å². The van der Waals surface area contributed by atoms with Crippen LogP contribution in [0, 0.1) is 0 Å². The van der Waals surface area contributed by atoms with Crippen molar-refractivity contribution in [3.05, 3.63) is 47.0 Å². The molecule has 0 unspecified atom stereocenters. The number of ether oxygens (including phenoxy) is 2. The molecule has 0 aliphatic rings. The SMILES string of the molecule is COC(=O)[C@@H](CO)NC(=O)Cn1cnc2cc(-c3ccc(OC)cc3)sc2c1=O. The number of aliphatic hydroxyl groups is 1. The summed E-state index contributed by atoms with van der Waals surface area (Å²) in [5.74, 6) is -0.664. The van der Waals surface area contributed by atoms with Crippen molar-refractivity contribution >= 4 is 33.4 Å². The van der Waals surface area contributed by atoms with Crippen LogP contribution in [0.25, 0.3) is 20.7 Å². The van der Waals surface area contributed by atoms with Gasteiger partial charge in [0, 0.05) is 4.88 Å². The Hall–Kier alpha value is -3.24. The number of rotatable bonds is 7. The van der Waals surface area contributed by atoms with Crippen molar-refractivity contribution in [2.75, 3.05) is 20.8 Å². The highest BCUT2D eigenvalue weighted by molar-refractivity contribution is 7.22. The lowest BCUT2D eigenvalue weighted by Gasteiger charge is -2.14. The third kappa shape index (κ3) is 4.44. The van der Waals surface area contributed by atoms with E-state index in [4.69, 9.17) is 4.74 Å². The van der Waals surface area contributed by atoms with Gasteiger partial charge in [-0.3, -0.25) is 14.2 Å². The Bertz CT molecular complexity index is 1090. The Labute approximate surface area is 169 Å². The lowest BCUT2D eigenvalue weighted by atomic mass is 10.2.